The van der Waals surface area contributed by atoms with Gasteiger partial charge in [0, 0.05) is 22.3 Å². The molecule has 0 spiro atoms. The molecule has 0 amide bonds. The molecule has 2 N–H and O–H groups in total. The fraction of sp³-hybridized carbons (Fsp3) is 0.611. The summed E-state index contributed by atoms with van der Waals surface area (Å²) in [6.45, 7) is 15.3. The van der Waals surface area contributed by atoms with Gasteiger partial charge >= 0.3 is 0 Å². The normalized spacial score (nSPS) is 13.3. The van der Waals surface area contributed by atoms with Crippen LogP contribution in [0.1, 0.15) is 71.2 Å². The smallest absolute Gasteiger partial charge is 0.267 e. The van der Waals surface area contributed by atoms with E-state index in [0.29, 0.717) is 185 Å². The van der Waals surface area contributed by atoms with E-state index in [-0.39, 0.29) is 78.3 Å². The first-order valence-electron chi connectivity index (χ1n) is 34.1. The highest BCUT2D eigenvalue weighted by Crippen LogP contribution is 2.39. The Balaban J connectivity index is 0.930. The highest BCUT2D eigenvalue weighted by atomic mass is 31.2. The predicted octanol–water partition coefficient (Wildman–Crippen LogP) is 6.08. The second kappa shape index (κ2) is 59.8. The number of aliphatic hydroxyl groups excluding tert-OH is 2. The van der Waals surface area contributed by atoms with Gasteiger partial charge < -0.3 is 114 Å². The molecule has 0 radical (unpaired) electrons. The third-order valence-electron chi connectivity index (χ3n) is 13.7. The van der Waals surface area contributed by atoms with Gasteiger partial charge in [0.05, 0.1) is 250 Å². The Labute approximate surface area is 591 Å². The SMILES string of the molecule is C[C@@H](CC[C@H](C)OCc1ccc(C#Cc2ccc(CCOP(=O)([O-])OCCOCCOCCOCCOCCOCCOCCOCCO)cc2)cc1)OCc1ccc(C#Cc2ccc(CCOP(=O)([O-])OCCOCCOCCOCCOCCOCCOCCOCCO)cc2)cc1. The Morgan fingerprint density at radius 3 is 0.700 bits per heavy atom. The van der Waals surface area contributed by atoms with Crippen LogP contribution in [0, 0.1) is 23.7 Å². The number of rotatable bonds is 65. The zero-order valence-corrected chi connectivity index (χ0v) is 60.1. The summed E-state index contributed by atoms with van der Waals surface area (Å²) in [5, 5.41) is 17.3. The molecule has 0 saturated heterocycles. The monoisotopic (exact) mass is 1450 g/mol. The van der Waals surface area contributed by atoms with Crippen LogP contribution in [0.2, 0.25) is 0 Å². The first-order chi connectivity index (χ1) is 48.9. The van der Waals surface area contributed by atoms with Crippen LogP contribution >= 0.6 is 15.6 Å². The van der Waals surface area contributed by atoms with Crippen LogP contribution in [0.25, 0.3) is 0 Å². The number of phosphoric ester groups is 2. The molecule has 562 valence electrons. The molecular weight excluding hydrogens is 1340 g/mol. The molecule has 4 atom stereocenters. The van der Waals surface area contributed by atoms with E-state index in [0.717, 1.165) is 57.3 Å². The molecule has 4 rings (SSSR count). The molecule has 0 aromatic heterocycles. The number of phosphoric acid groups is 2. The number of aliphatic hydroxyl groups is 2. The Bertz CT molecular complexity index is 2630. The van der Waals surface area contributed by atoms with Crippen molar-refractivity contribution >= 4 is 15.6 Å². The van der Waals surface area contributed by atoms with Crippen molar-refractivity contribution in [3.8, 4) is 23.7 Å². The Hall–Kier alpha value is -4.50. The summed E-state index contributed by atoms with van der Waals surface area (Å²) < 4.78 is 132. The lowest BCUT2D eigenvalue weighted by atomic mass is 10.1. The minimum atomic E-state index is -4.50. The first kappa shape index (κ1) is 87.9. The van der Waals surface area contributed by atoms with Crippen LogP contribution in [-0.4, -0.2) is 247 Å². The second-order valence-electron chi connectivity index (χ2n) is 21.9. The summed E-state index contributed by atoms with van der Waals surface area (Å²) >= 11 is 0. The van der Waals surface area contributed by atoms with Gasteiger partial charge in [-0.05, 0) is 110 Å². The molecule has 0 heterocycles. The standard InChI is InChI=1S/C72H108O26P2/c1-63(93-61-71-21-17-67(18-22-71)7-5-65-9-13-69(14-10-65)25-29-95-99(75,76)97-59-57-91-55-53-89-51-49-87-47-45-85-43-41-83-39-37-81-35-33-79-31-27-73)3-4-64(2)94-62-72-23-19-68(20-24-72)8-6-66-11-15-70(16-12-66)26-30-96-100(77,78)98-60-58-92-56-54-90-52-50-88-48-46-86-44-42-84-40-38-82-36-34-80-32-28-74/h9-24,63-64,73-74H,3-4,25-62H2,1-2H3,(H,75,76)(H,77,78)/p-2/t63-,64-/m0/s1. The van der Waals surface area contributed by atoms with E-state index in [2.05, 4.69) is 37.5 Å². The quantitative estimate of drug-likeness (QED) is 0.0287. The maximum Gasteiger partial charge on any atom is 0.267 e. The van der Waals surface area contributed by atoms with E-state index in [1.807, 2.05) is 97.1 Å². The second-order valence-corrected chi connectivity index (χ2v) is 24.7. The summed E-state index contributed by atoms with van der Waals surface area (Å²) in [7, 11) is -8.99. The number of hydrogen-bond acceptors (Lipinski definition) is 26. The van der Waals surface area contributed by atoms with Gasteiger partial charge in [0.1, 0.15) is 0 Å². The maximum atomic E-state index is 12.2. The van der Waals surface area contributed by atoms with Crippen molar-refractivity contribution in [3.63, 3.8) is 0 Å². The van der Waals surface area contributed by atoms with Gasteiger partial charge in [-0.25, -0.2) is 0 Å². The molecule has 4 aromatic rings. The third kappa shape index (κ3) is 50.0. The lowest BCUT2D eigenvalue weighted by molar-refractivity contribution is -0.227. The molecule has 26 nitrogen and oxygen atoms in total. The van der Waals surface area contributed by atoms with Gasteiger partial charge in [0.25, 0.3) is 15.6 Å². The number of ether oxygens (including phenoxy) is 16. The summed E-state index contributed by atoms with van der Waals surface area (Å²) in [5.74, 6) is 12.8. The zero-order chi connectivity index (χ0) is 71.3. The average Bonchev–Trinajstić information content (AvgIpc) is 0.995. The van der Waals surface area contributed by atoms with Crippen LogP contribution in [0.15, 0.2) is 97.1 Å². The molecule has 28 heteroatoms. The van der Waals surface area contributed by atoms with Crippen molar-refractivity contribution in [1.82, 2.24) is 0 Å². The lowest BCUT2D eigenvalue weighted by Crippen LogP contribution is -2.15. The van der Waals surface area contributed by atoms with Crippen molar-refractivity contribution in [2.45, 2.75) is 65.0 Å². The largest absolute Gasteiger partial charge is 0.756 e. The van der Waals surface area contributed by atoms with Gasteiger partial charge in [-0.2, -0.15) is 0 Å². The van der Waals surface area contributed by atoms with Crippen molar-refractivity contribution < 1.29 is 123 Å². The van der Waals surface area contributed by atoms with Gasteiger partial charge in [-0.15, -0.1) is 0 Å². The molecule has 0 aliphatic heterocycles. The van der Waals surface area contributed by atoms with Crippen LogP contribution in [0.5, 0.6) is 0 Å². The van der Waals surface area contributed by atoms with Crippen molar-refractivity contribution in [2.24, 2.45) is 0 Å². The van der Waals surface area contributed by atoms with Crippen LogP contribution < -0.4 is 9.79 Å². The molecule has 0 saturated carbocycles. The van der Waals surface area contributed by atoms with E-state index >= 15 is 0 Å². The van der Waals surface area contributed by atoms with Crippen molar-refractivity contribution in [3.05, 3.63) is 142 Å². The highest BCUT2D eigenvalue weighted by molar-refractivity contribution is 7.46. The van der Waals surface area contributed by atoms with E-state index in [1.165, 1.54) is 0 Å². The molecule has 4 aromatic carbocycles. The van der Waals surface area contributed by atoms with Crippen LogP contribution in [-0.2, 0) is 129 Å². The topological polar surface area (TPSA) is 305 Å². The van der Waals surface area contributed by atoms with Gasteiger partial charge in [-0.3, -0.25) is 9.13 Å². The zero-order valence-electron chi connectivity index (χ0n) is 58.3. The van der Waals surface area contributed by atoms with Crippen molar-refractivity contribution in [2.75, 3.05) is 225 Å². The summed E-state index contributed by atoms with van der Waals surface area (Å²) in [5.41, 5.74) is 7.26. The van der Waals surface area contributed by atoms with E-state index in [4.69, 9.17) is 104 Å². The minimum absolute atomic E-state index is 0.000892. The first-order valence-corrected chi connectivity index (χ1v) is 37.0. The fourth-order valence-corrected chi connectivity index (χ4v) is 9.67. The van der Waals surface area contributed by atoms with E-state index < -0.39 is 15.6 Å². The third-order valence-corrected chi connectivity index (χ3v) is 15.7. The molecule has 0 aliphatic carbocycles. The predicted molar refractivity (Wildman–Crippen MR) is 368 cm³/mol. The Morgan fingerprint density at radius 1 is 0.290 bits per heavy atom. The minimum Gasteiger partial charge on any atom is -0.756 e. The molecule has 100 heavy (non-hydrogen) atoms. The molecular formula is C72H106O26P2-2. The summed E-state index contributed by atoms with van der Waals surface area (Å²) in [6.07, 6.45) is 2.50. The number of benzene rings is 4. The summed E-state index contributed by atoms with van der Waals surface area (Å²) in [4.78, 5) is 24.5. The van der Waals surface area contributed by atoms with Gasteiger partial charge in [-0.1, -0.05) is 72.2 Å². The fourth-order valence-electron chi connectivity index (χ4n) is 8.29. The molecule has 0 fully saturated rings. The maximum absolute atomic E-state index is 12.2. The molecule has 2 unspecified atom stereocenters. The van der Waals surface area contributed by atoms with E-state index in [1.54, 1.807) is 0 Å². The average molecular weight is 1450 g/mol. The highest BCUT2D eigenvalue weighted by Gasteiger charge is 2.13. The van der Waals surface area contributed by atoms with Crippen LogP contribution in [0.4, 0.5) is 0 Å². The molecule has 0 aliphatic rings. The molecule has 0 bridgehead atoms. The van der Waals surface area contributed by atoms with Crippen LogP contribution in [0.3, 0.4) is 0 Å². The van der Waals surface area contributed by atoms with Gasteiger partial charge in [0.15, 0.2) is 0 Å². The van der Waals surface area contributed by atoms with Gasteiger partial charge in [0.2, 0.25) is 0 Å². The van der Waals surface area contributed by atoms with E-state index in [9.17, 15) is 18.9 Å². The Kier molecular flexibility index (Phi) is 52.6. The Morgan fingerprint density at radius 2 is 0.480 bits per heavy atom. The number of hydrogen-bond donors (Lipinski definition) is 2. The van der Waals surface area contributed by atoms with Crippen molar-refractivity contribution in [1.29, 1.82) is 0 Å². The summed E-state index contributed by atoms with van der Waals surface area (Å²) in [6, 6.07) is 31.0. The lowest BCUT2D eigenvalue weighted by Gasteiger charge is -2.22.